The Bertz CT molecular complexity index is 355. The monoisotopic (exact) mass is 302 g/mol. The Morgan fingerprint density at radius 3 is 2.00 bits per heavy atom. The van der Waals surface area contributed by atoms with E-state index in [1.165, 1.54) is 0 Å². The van der Waals surface area contributed by atoms with Crippen molar-refractivity contribution in [2.24, 2.45) is 5.41 Å². The molecule has 0 amide bonds. The standard InChI is InChI=1S/C12H19BrN2O2/c1-12(2,3)8(13)6-9-14-10(16-4)7-11(15-9)17-5/h7-8H,6H2,1-5H3. The number of nitrogens with zero attached hydrogens (tertiary/aromatic N) is 2. The molecule has 0 saturated carbocycles. The van der Waals surface area contributed by atoms with Gasteiger partial charge in [0.25, 0.3) is 0 Å². The van der Waals surface area contributed by atoms with Gasteiger partial charge in [0.1, 0.15) is 5.82 Å². The van der Waals surface area contributed by atoms with Crippen LogP contribution in [0.3, 0.4) is 0 Å². The zero-order valence-corrected chi connectivity index (χ0v) is 12.5. The van der Waals surface area contributed by atoms with Crippen molar-refractivity contribution in [3.63, 3.8) is 0 Å². The summed E-state index contributed by atoms with van der Waals surface area (Å²) < 4.78 is 10.2. The number of ether oxygens (including phenoxy) is 2. The Hall–Kier alpha value is -0.840. The van der Waals surface area contributed by atoms with Gasteiger partial charge >= 0.3 is 0 Å². The van der Waals surface area contributed by atoms with E-state index >= 15 is 0 Å². The molecule has 17 heavy (non-hydrogen) atoms. The van der Waals surface area contributed by atoms with Crippen molar-refractivity contribution in [3.05, 3.63) is 11.9 Å². The van der Waals surface area contributed by atoms with Gasteiger partial charge in [0.2, 0.25) is 11.8 Å². The third-order valence-electron chi connectivity index (χ3n) is 2.45. The van der Waals surface area contributed by atoms with Gasteiger partial charge in [-0.2, -0.15) is 9.97 Å². The number of rotatable bonds is 4. The highest BCUT2D eigenvalue weighted by Gasteiger charge is 2.23. The van der Waals surface area contributed by atoms with Crippen LogP contribution in [0.25, 0.3) is 0 Å². The van der Waals surface area contributed by atoms with Crippen LogP contribution in [0, 0.1) is 5.41 Å². The normalized spacial score (nSPS) is 13.3. The van der Waals surface area contributed by atoms with E-state index in [1.807, 2.05) is 0 Å². The van der Waals surface area contributed by atoms with E-state index in [2.05, 4.69) is 46.7 Å². The number of methoxy groups -OCH3 is 2. The average Bonchev–Trinajstić information content (AvgIpc) is 2.27. The van der Waals surface area contributed by atoms with Crippen molar-refractivity contribution in [3.8, 4) is 11.8 Å². The molecule has 0 bridgehead atoms. The summed E-state index contributed by atoms with van der Waals surface area (Å²) in [5, 5.41) is 0. The maximum absolute atomic E-state index is 5.12. The molecule has 96 valence electrons. The Morgan fingerprint density at radius 2 is 1.65 bits per heavy atom. The summed E-state index contributed by atoms with van der Waals surface area (Å²) in [7, 11) is 3.17. The Balaban J connectivity index is 2.90. The molecule has 0 aliphatic heterocycles. The minimum absolute atomic E-state index is 0.152. The summed E-state index contributed by atoms with van der Waals surface area (Å²) in [5.74, 6) is 1.78. The van der Waals surface area contributed by atoms with Crippen molar-refractivity contribution in [2.45, 2.75) is 32.0 Å². The molecule has 1 heterocycles. The summed E-state index contributed by atoms with van der Waals surface area (Å²) in [6, 6.07) is 1.67. The Kier molecular flexibility index (Phi) is 4.74. The van der Waals surface area contributed by atoms with Crippen molar-refractivity contribution in [1.82, 2.24) is 9.97 Å². The fraction of sp³-hybridized carbons (Fsp3) is 0.667. The fourth-order valence-electron chi connectivity index (χ4n) is 1.22. The minimum atomic E-state index is 0.152. The number of aromatic nitrogens is 2. The van der Waals surface area contributed by atoms with Crippen LogP contribution in [0.4, 0.5) is 0 Å². The molecule has 1 aromatic rings. The first kappa shape index (κ1) is 14.2. The predicted octanol–water partition coefficient (Wildman–Crippen LogP) is 2.85. The molecular weight excluding hydrogens is 284 g/mol. The molecule has 0 aliphatic carbocycles. The summed E-state index contributed by atoms with van der Waals surface area (Å²) in [4.78, 5) is 8.92. The lowest BCUT2D eigenvalue weighted by Gasteiger charge is -2.24. The Morgan fingerprint density at radius 1 is 1.18 bits per heavy atom. The quantitative estimate of drug-likeness (QED) is 0.802. The van der Waals surface area contributed by atoms with Gasteiger partial charge in [-0.1, -0.05) is 36.7 Å². The smallest absolute Gasteiger partial charge is 0.220 e. The van der Waals surface area contributed by atoms with Crippen molar-refractivity contribution < 1.29 is 9.47 Å². The molecule has 0 spiro atoms. The molecule has 1 rings (SSSR count). The van der Waals surface area contributed by atoms with Gasteiger partial charge < -0.3 is 9.47 Å². The molecule has 1 unspecified atom stereocenters. The maximum atomic E-state index is 5.12. The van der Waals surface area contributed by atoms with E-state index in [-0.39, 0.29) is 5.41 Å². The number of hydrogen-bond acceptors (Lipinski definition) is 4. The Labute approximate surface area is 111 Å². The van der Waals surface area contributed by atoms with Crippen LogP contribution in [0.15, 0.2) is 6.07 Å². The molecule has 0 fully saturated rings. The second-order valence-corrected chi connectivity index (χ2v) is 6.01. The van der Waals surface area contributed by atoms with Gasteiger partial charge in [0.05, 0.1) is 20.3 Å². The molecular formula is C12H19BrN2O2. The highest BCUT2D eigenvalue weighted by atomic mass is 79.9. The third-order valence-corrected chi connectivity index (χ3v) is 4.14. The van der Waals surface area contributed by atoms with E-state index in [0.29, 0.717) is 16.6 Å². The number of halogens is 1. The summed E-state index contributed by atoms with van der Waals surface area (Å²) >= 11 is 3.67. The highest BCUT2D eigenvalue weighted by molar-refractivity contribution is 9.09. The van der Waals surface area contributed by atoms with Crippen LogP contribution in [-0.4, -0.2) is 29.0 Å². The fourth-order valence-corrected chi connectivity index (χ4v) is 1.51. The molecule has 0 saturated heterocycles. The zero-order valence-electron chi connectivity index (χ0n) is 11.0. The SMILES string of the molecule is COc1cc(OC)nc(CC(Br)C(C)(C)C)n1. The van der Waals surface area contributed by atoms with Gasteiger partial charge in [-0.15, -0.1) is 0 Å². The van der Waals surface area contributed by atoms with Crippen LogP contribution < -0.4 is 9.47 Å². The average molecular weight is 303 g/mol. The molecule has 5 heteroatoms. The van der Waals surface area contributed by atoms with Crippen molar-refractivity contribution in [2.75, 3.05) is 14.2 Å². The first-order valence-electron chi connectivity index (χ1n) is 5.47. The topological polar surface area (TPSA) is 44.2 Å². The van der Waals surface area contributed by atoms with E-state index in [1.54, 1.807) is 20.3 Å². The maximum Gasteiger partial charge on any atom is 0.220 e. The lowest BCUT2D eigenvalue weighted by molar-refractivity contribution is 0.360. The van der Waals surface area contributed by atoms with E-state index < -0.39 is 0 Å². The second-order valence-electron chi connectivity index (χ2n) is 4.91. The largest absolute Gasteiger partial charge is 0.481 e. The number of alkyl halides is 1. The molecule has 1 atom stereocenters. The predicted molar refractivity (Wildman–Crippen MR) is 71.0 cm³/mol. The molecule has 4 nitrogen and oxygen atoms in total. The van der Waals surface area contributed by atoms with E-state index in [9.17, 15) is 0 Å². The van der Waals surface area contributed by atoms with E-state index in [0.717, 1.165) is 12.2 Å². The van der Waals surface area contributed by atoms with Gasteiger partial charge in [-0.05, 0) is 5.41 Å². The van der Waals surface area contributed by atoms with Crippen LogP contribution in [0.5, 0.6) is 11.8 Å². The lowest BCUT2D eigenvalue weighted by Crippen LogP contribution is -2.23. The van der Waals surface area contributed by atoms with Crippen LogP contribution in [0.2, 0.25) is 0 Å². The van der Waals surface area contributed by atoms with Gasteiger partial charge in [0.15, 0.2) is 0 Å². The van der Waals surface area contributed by atoms with Crippen LogP contribution in [0.1, 0.15) is 26.6 Å². The molecule has 0 aliphatic rings. The van der Waals surface area contributed by atoms with Gasteiger partial charge in [-0.3, -0.25) is 0 Å². The summed E-state index contributed by atoms with van der Waals surface area (Å²) in [6.45, 7) is 6.51. The zero-order chi connectivity index (χ0) is 13.1. The first-order valence-corrected chi connectivity index (χ1v) is 6.38. The molecule has 0 radical (unpaired) electrons. The van der Waals surface area contributed by atoms with Gasteiger partial charge in [-0.25, -0.2) is 0 Å². The summed E-state index contributed by atoms with van der Waals surface area (Å²) in [6.07, 6.45) is 0.733. The van der Waals surface area contributed by atoms with Crippen molar-refractivity contribution >= 4 is 15.9 Å². The second kappa shape index (κ2) is 5.67. The highest BCUT2D eigenvalue weighted by Crippen LogP contribution is 2.29. The third kappa shape index (κ3) is 4.15. The van der Waals surface area contributed by atoms with Crippen molar-refractivity contribution in [1.29, 1.82) is 0 Å². The lowest BCUT2D eigenvalue weighted by atomic mass is 9.90. The number of hydrogen-bond donors (Lipinski definition) is 0. The molecule has 0 aromatic carbocycles. The van der Waals surface area contributed by atoms with E-state index in [4.69, 9.17) is 9.47 Å². The van der Waals surface area contributed by atoms with Crippen LogP contribution >= 0.6 is 15.9 Å². The van der Waals surface area contributed by atoms with Crippen LogP contribution in [-0.2, 0) is 6.42 Å². The molecule has 1 aromatic heterocycles. The van der Waals surface area contributed by atoms with Gasteiger partial charge in [0, 0.05) is 11.2 Å². The first-order chi connectivity index (χ1) is 7.86. The summed E-state index contributed by atoms with van der Waals surface area (Å²) in [5.41, 5.74) is 0.152. The minimum Gasteiger partial charge on any atom is -0.481 e. The molecule has 0 N–H and O–H groups in total.